The number of carbonyl (C=O) groups is 3. The van der Waals surface area contributed by atoms with Crippen molar-refractivity contribution in [1.29, 1.82) is 0 Å². The van der Waals surface area contributed by atoms with Crippen molar-refractivity contribution in [2.75, 3.05) is 13.1 Å². The first-order valence-corrected chi connectivity index (χ1v) is 6.37. The number of nitrogens with zero attached hydrogens (tertiary/aromatic N) is 1. The van der Waals surface area contributed by atoms with Crippen LogP contribution < -0.4 is 5.32 Å². The number of Topliss-reactive ketones (excluding diaryl/α,β-unsaturated/α-hetero) is 1. The molecule has 2 aliphatic rings. The maximum atomic E-state index is 12.5. The number of carbonyl (C=O) groups excluding carboxylic acids is 2. The predicted octanol–water partition coefficient (Wildman–Crippen LogP) is -1.26. The molecule has 2 fully saturated rings. The molecule has 3 atom stereocenters. The van der Waals surface area contributed by atoms with Crippen LogP contribution in [-0.2, 0) is 14.4 Å². The van der Waals surface area contributed by atoms with Crippen LogP contribution in [0, 0.1) is 0 Å². The van der Waals surface area contributed by atoms with Gasteiger partial charge < -0.3 is 20.4 Å². The van der Waals surface area contributed by atoms with Gasteiger partial charge in [0.1, 0.15) is 0 Å². The maximum Gasteiger partial charge on any atom is 0.337 e. The van der Waals surface area contributed by atoms with E-state index in [4.69, 9.17) is 0 Å². The number of aliphatic hydroxyl groups excluding tert-OH is 1. The number of hydrogen-bond acceptors (Lipinski definition) is 5. The molecule has 0 radical (unpaired) electrons. The highest BCUT2D eigenvalue weighted by Crippen LogP contribution is 2.33. The van der Waals surface area contributed by atoms with Crippen LogP contribution in [0.25, 0.3) is 0 Å². The zero-order valence-electron chi connectivity index (χ0n) is 10.8. The Labute approximate surface area is 110 Å². The number of aliphatic carboxylic acids is 1. The molecule has 7 heteroatoms. The third kappa shape index (κ3) is 2.12. The van der Waals surface area contributed by atoms with Crippen molar-refractivity contribution in [1.82, 2.24) is 10.2 Å². The molecule has 0 saturated carbocycles. The Hall–Kier alpha value is -1.47. The van der Waals surface area contributed by atoms with Crippen molar-refractivity contribution in [2.45, 2.75) is 43.9 Å². The topological polar surface area (TPSA) is 107 Å². The fourth-order valence-electron chi connectivity index (χ4n) is 3.03. The molecule has 2 heterocycles. The molecule has 2 rings (SSSR count). The summed E-state index contributed by atoms with van der Waals surface area (Å²) in [6, 6.07) is -0.703. The van der Waals surface area contributed by atoms with Crippen molar-refractivity contribution >= 4 is 17.7 Å². The molecule has 0 bridgehead atoms. The summed E-state index contributed by atoms with van der Waals surface area (Å²) in [5.41, 5.74) is -1.77. The summed E-state index contributed by atoms with van der Waals surface area (Å²) in [4.78, 5) is 36.9. The quantitative estimate of drug-likeness (QED) is 0.553. The molecule has 0 spiro atoms. The number of ketones is 1. The SMILES string of the molecule is CC(=O)N1CCCC1(C(=O)O)C(=O)C1CC(O)CN1. The number of rotatable bonds is 3. The van der Waals surface area contributed by atoms with Crippen LogP contribution in [0.15, 0.2) is 0 Å². The number of amides is 1. The van der Waals surface area contributed by atoms with Gasteiger partial charge in [-0.3, -0.25) is 9.59 Å². The second kappa shape index (κ2) is 4.90. The summed E-state index contributed by atoms with van der Waals surface area (Å²) >= 11 is 0. The van der Waals surface area contributed by atoms with Gasteiger partial charge in [-0.2, -0.15) is 0 Å². The van der Waals surface area contributed by atoms with E-state index in [0.717, 1.165) is 4.90 Å². The first kappa shape index (κ1) is 14.0. The van der Waals surface area contributed by atoms with Gasteiger partial charge in [-0.1, -0.05) is 0 Å². The number of aliphatic hydroxyl groups is 1. The lowest BCUT2D eigenvalue weighted by atomic mass is 9.85. The van der Waals surface area contributed by atoms with Crippen molar-refractivity contribution < 1.29 is 24.6 Å². The zero-order valence-corrected chi connectivity index (χ0v) is 10.8. The molecule has 106 valence electrons. The second-order valence-corrected chi connectivity index (χ2v) is 5.15. The van der Waals surface area contributed by atoms with Crippen molar-refractivity contribution in [3.63, 3.8) is 0 Å². The average molecular weight is 270 g/mol. The van der Waals surface area contributed by atoms with Crippen LogP contribution in [0.1, 0.15) is 26.2 Å². The Morgan fingerprint density at radius 1 is 1.37 bits per heavy atom. The van der Waals surface area contributed by atoms with Gasteiger partial charge in [-0.05, 0) is 19.3 Å². The molecule has 0 aromatic carbocycles. The molecule has 7 nitrogen and oxygen atoms in total. The lowest BCUT2D eigenvalue weighted by Crippen LogP contribution is -2.62. The number of carboxylic acids is 1. The number of β-amino-alcohol motifs (C(OH)–C–C–N with tert-alkyl or cyclic N) is 1. The molecule has 19 heavy (non-hydrogen) atoms. The Morgan fingerprint density at radius 3 is 2.53 bits per heavy atom. The van der Waals surface area contributed by atoms with Crippen LogP contribution in [0.5, 0.6) is 0 Å². The van der Waals surface area contributed by atoms with Crippen molar-refractivity contribution in [2.24, 2.45) is 0 Å². The van der Waals surface area contributed by atoms with Gasteiger partial charge in [0.2, 0.25) is 11.4 Å². The first-order chi connectivity index (χ1) is 8.89. The fraction of sp³-hybridized carbons (Fsp3) is 0.750. The normalized spacial score (nSPS) is 34.5. The molecule has 3 unspecified atom stereocenters. The molecule has 3 N–H and O–H groups in total. The third-order valence-corrected chi connectivity index (χ3v) is 3.95. The molecule has 1 amide bonds. The predicted molar refractivity (Wildman–Crippen MR) is 64.4 cm³/mol. The first-order valence-electron chi connectivity index (χ1n) is 6.37. The summed E-state index contributed by atoms with van der Waals surface area (Å²) in [6.07, 6.45) is 0.175. The Kier molecular flexibility index (Phi) is 3.60. The molecular formula is C12H18N2O5. The van der Waals surface area contributed by atoms with E-state index >= 15 is 0 Å². The molecule has 0 aromatic heterocycles. The summed E-state index contributed by atoms with van der Waals surface area (Å²) in [5, 5.41) is 21.7. The van der Waals surface area contributed by atoms with Crippen molar-refractivity contribution in [3.05, 3.63) is 0 Å². The summed E-state index contributed by atoms with van der Waals surface area (Å²) in [6.45, 7) is 1.82. The van der Waals surface area contributed by atoms with E-state index in [0.29, 0.717) is 6.42 Å². The van der Waals surface area contributed by atoms with E-state index in [1.807, 2.05) is 0 Å². The number of hydrogen-bond donors (Lipinski definition) is 3. The molecular weight excluding hydrogens is 252 g/mol. The van der Waals surface area contributed by atoms with E-state index in [1.54, 1.807) is 0 Å². The summed E-state index contributed by atoms with van der Waals surface area (Å²) < 4.78 is 0. The van der Waals surface area contributed by atoms with E-state index in [-0.39, 0.29) is 25.9 Å². The zero-order chi connectivity index (χ0) is 14.2. The second-order valence-electron chi connectivity index (χ2n) is 5.15. The number of likely N-dealkylation sites (tertiary alicyclic amines) is 1. The lowest BCUT2D eigenvalue weighted by Gasteiger charge is -2.34. The van der Waals surface area contributed by atoms with E-state index < -0.39 is 35.3 Å². The average Bonchev–Trinajstić information content (AvgIpc) is 2.94. The minimum absolute atomic E-state index is 0.134. The van der Waals surface area contributed by atoms with Crippen LogP contribution in [-0.4, -0.2) is 63.5 Å². The fourth-order valence-corrected chi connectivity index (χ4v) is 3.03. The van der Waals surface area contributed by atoms with Gasteiger partial charge in [-0.25, -0.2) is 4.79 Å². The molecule has 2 aliphatic heterocycles. The van der Waals surface area contributed by atoms with Gasteiger partial charge in [0, 0.05) is 20.0 Å². The number of nitrogens with one attached hydrogen (secondary N) is 1. The van der Waals surface area contributed by atoms with Crippen LogP contribution in [0.3, 0.4) is 0 Å². The highest BCUT2D eigenvalue weighted by Gasteiger charge is 2.57. The summed E-state index contributed by atoms with van der Waals surface area (Å²) in [7, 11) is 0. The number of carboxylic acid groups (broad SMARTS) is 1. The smallest absolute Gasteiger partial charge is 0.337 e. The Bertz CT molecular complexity index is 424. The van der Waals surface area contributed by atoms with Crippen LogP contribution in [0.4, 0.5) is 0 Å². The Morgan fingerprint density at radius 2 is 2.05 bits per heavy atom. The monoisotopic (exact) mass is 270 g/mol. The van der Waals surface area contributed by atoms with Crippen molar-refractivity contribution in [3.8, 4) is 0 Å². The molecule has 0 aromatic rings. The standard InChI is InChI=1S/C12H18N2O5/c1-7(15)14-4-2-3-12(14,11(18)19)10(17)9-5-8(16)6-13-9/h8-9,13,16H,2-6H2,1H3,(H,18,19). The van der Waals surface area contributed by atoms with Gasteiger partial charge in [-0.15, -0.1) is 0 Å². The van der Waals surface area contributed by atoms with Gasteiger partial charge in [0.25, 0.3) is 0 Å². The minimum atomic E-state index is -1.77. The lowest BCUT2D eigenvalue weighted by molar-refractivity contribution is -0.161. The minimum Gasteiger partial charge on any atom is -0.479 e. The highest BCUT2D eigenvalue weighted by molar-refractivity contribution is 6.12. The third-order valence-electron chi connectivity index (χ3n) is 3.95. The molecule has 0 aliphatic carbocycles. The summed E-state index contributed by atoms with van der Waals surface area (Å²) in [5.74, 6) is -2.22. The van der Waals surface area contributed by atoms with Gasteiger partial charge in [0.15, 0.2) is 5.78 Å². The van der Waals surface area contributed by atoms with E-state index in [1.165, 1.54) is 6.92 Å². The van der Waals surface area contributed by atoms with Crippen LogP contribution >= 0.6 is 0 Å². The van der Waals surface area contributed by atoms with Crippen LogP contribution in [0.2, 0.25) is 0 Å². The van der Waals surface area contributed by atoms with Gasteiger partial charge >= 0.3 is 5.97 Å². The molecule has 2 saturated heterocycles. The maximum absolute atomic E-state index is 12.5. The van der Waals surface area contributed by atoms with E-state index in [9.17, 15) is 24.6 Å². The largest absolute Gasteiger partial charge is 0.479 e. The van der Waals surface area contributed by atoms with Gasteiger partial charge in [0.05, 0.1) is 12.1 Å². The highest BCUT2D eigenvalue weighted by atomic mass is 16.4. The Balaban J connectivity index is 2.32. The van der Waals surface area contributed by atoms with E-state index in [2.05, 4.69) is 5.32 Å².